The van der Waals surface area contributed by atoms with Crippen molar-refractivity contribution in [2.75, 3.05) is 10.6 Å². The van der Waals surface area contributed by atoms with Crippen LogP contribution in [-0.2, 0) is 16.0 Å². The van der Waals surface area contributed by atoms with Crippen LogP contribution in [0.25, 0.3) is 0 Å². The average Bonchev–Trinajstić information content (AvgIpc) is 2.81. The normalized spacial score (nSPS) is 15.3. The molecule has 7 heteroatoms. The quantitative estimate of drug-likeness (QED) is 0.545. The van der Waals surface area contributed by atoms with Crippen molar-refractivity contribution >= 4 is 29.1 Å². The predicted octanol–water partition coefficient (Wildman–Crippen LogP) is 4.34. The van der Waals surface area contributed by atoms with Crippen LogP contribution < -0.4 is 20.7 Å². The zero-order valence-electron chi connectivity index (χ0n) is 17.7. The van der Waals surface area contributed by atoms with E-state index in [0.29, 0.717) is 11.4 Å². The number of ether oxygens (including phenoxy) is 1. The Morgan fingerprint density at radius 3 is 2.31 bits per heavy atom. The number of aliphatic imine (C=N–C) groups is 1. The number of carbonyl (C=O) groups is 2. The molecule has 0 fully saturated rings. The molecule has 0 unspecified atom stereocenters. The van der Waals surface area contributed by atoms with Gasteiger partial charge in [0.2, 0.25) is 17.8 Å². The highest BCUT2D eigenvalue weighted by Gasteiger charge is 2.27. The smallest absolute Gasteiger partial charge is 0.249 e. The number of hydrogen-bond donors (Lipinski definition) is 3. The summed E-state index contributed by atoms with van der Waals surface area (Å²) in [6, 6.07) is 23.5. The monoisotopic (exact) mass is 428 g/mol. The third kappa shape index (κ3) is 5.51. The van der Waals surface area contributed by atoms with Crippen LogP contribution in [0.1, 0.15) is 18.9 Å². The van der Waals surface area contributed by atoms with E-state index in [1.807, 2.05) is 54.6 Å². The Bertz CT molecular complexity index is 1110. The lowest BCUT2D eigenvalue weighted by Gasteiger charge is -2.21. The van der Waals surface area contributed by atoms with Crippen LogP contribution in [0.5, 0.6) is 11.5 Å². The average molecular weight is 428 g/mol. The summed E-state index contributed by atoms with van der Waals surface area (Å²) in [5.74, 6) is 1.04. The minimum absolute atomic E-state index is 0.0129. The number of nitrogens with one attached hydrogen (secondary N) is 3. The largest absolute Gasteiger partial charge is 0.457 e. The molecule has 0 aromatic heterocycles. The van der Waals surface area contributed by atoms with E-state index in [0.717, 1.165) is 17.9 Å². The van der Waals surface area contributed by atoms with Crippen LogP contribution in [0.2, 0.25) is 0 Å². The van der Waals surface area contributed by atoms with Gasteiger partial charge in [0.05, 0.1) is 6.42 Å². The van der Waals surface area contributed by atoms with E-state index in [1.54, 1.807) is 24.3 Å². The zero-order valence-corrected chi connectivity index (χ0v) is 17.7. The van der Waals surface area contributed by atoms with E-state index in [9.17, 15) is 9.59 Å². The lowest BCUT2D eigenvalue weighted by molar-refractivity contribution is -0.124. The third-order valence-corrected chi connectivity index (χ3v) is 4.95. The Hall–Kier alpha value is -4.13. The number of hydrogen-bond acceptors (Lipinski definition) is 5. The second-order valence-electron chi connectivity index (χ2n) is 7.35. The maximum absolute atomic E-state index is 12.7. The molecule has 0 saturated heterocycles. The van der Waals surface area contributed by atoms with E-state index >= 15 is 0 Å². The van der Waals surface area contributed by atoms with Crippen molar-refractivity contribution in [3.05, 3.63) is 84.4 Å². The Labute approximate surface area is 186 Å². The molecule has 1 heterocycles. The van der Waals surface area contributed by atoms with E-state index in [1.165, 1.54) is 5.56 Å². The Morgan fingerprint density at radius 2 is 1.62 bits per heavy atom. The van der Waals surface area contributed by atoms with E-state index < -0.39 is 6.04 Å². The zero-order chi connectivity index (χ0) is 22.3. The summed E-state index contributed by atoms with van der Waals surface area (Å²) in [4.78, 5) is 29.2. The van der Waals surface area contributed by atoms with Crippen molar-refractivity contribution in [2.45, 2.75) is 25.8 Å². The van der Waals surface area contributed by atoms with Gasteiger partial charge < -0.3 is 15.4 Å². The summed E-state index contributed by atoms with van der Waals surface area (Å²) >= 11 is 0. The molecule has 4 rings (SSSR count). The summed E-state index contributed by atoms with van der Waals surface area (Å²) in [5, 5.41) is 8.55. The maximum atomic E-state index is 12.7. The van der Waals surface area contributed by atoms with Gasteiger partial charge in [-0.3, -0.25) is 14.9 Å². The fraction of sp³-hybridized carbons (Fsp3) is 0.160. The van der Waals surface area contributed by atoms with Crippen LogP contribution >= 0.6 is 0 Å². The summed E-state index contributed by atoms with van der Waals surface area (Å²) in [5.41, 5.74) is 2.60. The molecule has 1 atom stereocenters. The molecule has 0 aliphatic carbocycles. The molecular formula is C25H24N4O3. The van der Waals surface area contributed by atoms with E-state index in [2.05, 4.69) is 27.9 Å². The highest BCUT2D eigenvalue weighted by Crippen LogP contribution is 2.23. The Morgan fingerprint density at radius 1 is 0.969 bits per heavy atom. The van der Waals surface area contributed by atoms with Gasteiger partial charge in [0.15, 0.2) is 0 Å². The number of para-hydroxylation sites is 1. The van der Waals surface area contributed by atoms with Crippen molar-refractivity contribution in [3.8, 4) is 11.5 Å². The number of nitrogens with zero attached hydrogens (tertiary/aromatic N) is 1. The van der Waals surface area contributed by atoms with Gasteiger partial charge in [-0.05, 0) is 60.5 Å². The van der Waals surface area contributed by atoms with Crippen LogP contribution in [0.3, 0.4) is 0 Å². The molecule has 3 N–H and O–H groups in total. The first-order valence-corrected chi connectivity index (χ1v) is 10.5. The molecule has 32 heavy (non-hydrogen) atoms. The van der Waals surface area contributed by atoms with Gasteiger partial charge >= 0.3 is 0 Å². The van der Waals surface area contributed by atoms with Crippen molar-refractivity contribution < 1.29 is 14.3 Å². The minimum atomic E-state index is -0.818. The lowest BCUT2D eigenvalue weighted by atomic mass is 10.1. The highest BCUT2D eigenvalue weighted by molar-refractivity contribution is 6.10. The predicted molar refractivity (Wildman–Crippen MR) is 125 cm³/mol. The first-order chi connectivity index (χ1) is 15.6. The molecule has 3 aromatic rings. The number of rotatable bonds is 6. The number of carbonyl (C=O) groups excluding carboxylic acids is 2. The summed E-state index contributed by atoms with van der Waals surface area (Å²) in [6.45, 7) is 2.08. The van der Waals surface area contributed by atoms with Crippen molar-refractivity contribution in [3.63, 3.8) is 0 Å². The standard InChI is InChI=1S/C25H24N4O3/c1-2-17-8-10-19(11-9-17)27-25-28-22(16-23(30)29-25)24(31)26-18-12-14-21(15-13-18)32-20-6-4-3-5-7-20/h3-15,22H,2,16H2,1H3,(H,26,31)(H2,27,28,29,30)/t22-/m0/s1. The van der Waals surface area contributed by atoms with Gasteiger partial charge in [-0.15, -0.1) is 0 Å². The van der Waals surface area contributed by atoms with Crippen LogP contribution in [-0.4, -0.2) is 23.8 Å². The molecule has 3 aromatic carbocycles. The van der Waals surface area contributed by atoms with Crippen LogP contribution in [0, 0.1) is 0 Å². The summed E-state index contributed by atoms with van der Waals surface area (Å²) < 4.78 is 5.76. The number of benzene rings is 3. The highest BCUT2D eigenvalue weighted by atomic mass is 16.5. The molecule has 1 aliphatic rings. The van der Waals surface area contributed by atoms with Crippen LogP contribution in [0.4, 0.5) is 11.4 Å². The first kappa shape index (κ1) is 21.1. The van der Waals surface area contributed by atoms with Gasteiger partial charge in [0.25, 0.3) is 0 Å². The van der Waals surface area contributed by atoms with Crippen molar-refractivity contribution in [1.29, 1.82) is 0 Å². The van der Waals surface area contributed by atoms with Gasteiger partial charge in [0.1, 0.15) is 17.5 Å². The molecule has 0 radical (unpaired) electrons. The number of aryl methyl sites for hydroxylation is 1. The van der Waals surface area contributed by atoms with Gasteiger partial charge in [-0.1, -0.05) is 37.3 Å². The SMILES string of the molecule is CCc1ccc(NC2=N[C@H](C(=O)Nc3ccc(Oc4ccccc4)cc3)CC(=O)N2)cc1. The molecule has 0 saturated carbocycles. The van der Waals surface area contributed by atoms with Crippen molar-refractivity contribution in [2.24, 2.45) is 4.99 Å². The third-order valence-electron chi connectivity index (χ3n) is 4.95. The number of amides is 2. The van der Waals surface area contributed by atoms with Gasteiger partial charge in [-0.2, -0.15) is 0 Å². The molecule has 0 spiro atoms. The van der Waals surface area contributed by atoms with Crippen molar-refractivity contribution in [1.82, 2.24) is 5.32 Å². The Balaban J connectivity index is 1.39. The first-order valence-electron chi connectivity index (χ1n) is 10.5. The Kier molecular flexibility index (Phi) is 6.46. The second kappa shape index (κ2) is 9.78. The molecule has 7 nitrogen and oxygen atoms in total. The molecule has 1 aliphatic heterocycles. The van der Waals surface area contributed by atoms with Gasteiger partial charge in [0, 0.05) is 11.4 Å². The summed E-state index contributed by atoms with van der Waals surface area (Å²) in [6.07, 6.45) is 0.931. The van der Waals surface area contributed by atoms with E-state index in [-0.39, 0.29) is 24.2 Å². The molecule has 162 valence electrons. The topological polar surface area (TPSA) is 91.8 Å². The fourth-order valence-electron chi connectivity index (χ4n) is 3.22. The van der Waals surface area contributed by atoms with Crippen LogP contribution in [0.15, 0.2) is 83.9 Å². The molecule has 2 amide bonds. The maximum Gasteiger partial charge on any atom is 0.249 e. The number of anilines is 2. The minimum Gasteiger partial charge on any atom is -0.457 e. The van der Waals surface area contributed by atoms with E-state index in [4.69, 9.17) is 4.74 Å². The summed E-state index contributed by atoms with van der Waals surface area (Å²) in [7, 11) is 0. The molecular weight excluding hydrogens is 404 g/mol. The lowest BCUT2D eigenvalue weighted by Crippen LogP contribution is -2.45. The number of guanidine groups is 1. The fourth-order valence-corrected chi connectivity index (χ4v) is 3.22. The second-order valence-corrected chi connectivity index (χ2v) is 7.35. The molecule has 0 bridgehead atoms. The van der Waals surface area contributed by atoms with Gasteiger partial charge in [-0.25, -0.2) is 4.99 Å².